The van der Waals surface area contributed by atoms with E-state index in [4.69, 9.17) is 9.47 Å². The van der Waals surface area contributed by atoms with Crippen molar-refractivity contribution in [1.82, 2.24) is 4.90 Å². The van der Waals surface area contributed by atoms with Crippen LogP contribution in [0.15, 0.2) is 103 Å². The van der Waals surface area contributed by atoms with E-state index in [1.165, 1.54) is 17.0 Å². The summed E-state index contributed by atoms with van der Waals surface area (Å²) in [6.07, 6.45) is 0. The summed E-state index contributed by atoms with van der Waals surface area (Å²) in [4.78, 5) is 27.1. The Hall–Kier alpha value is -4.58. The van der Waals surface area contributed by atoms with Gasteiger partial charge in [0.05, 0.1) is 5.56 Å². The van der Waals surface area contributed by atoms with E-state index < -0.39 is 5.97 Å². The van der Waals surface area contributed by atoms with Gasteiger partial charge in [0.2, 0.25) is 0 Å². The summed E-state index contributed by atoms with van der Waals surface area (Å²) in [5.74, 6) is -1.14. The van der Waals surface area contributed by atoms with Crippen molar-refractivity contribution in [2.24, 2.45) is 0 Å². The lowest BCUT2D eigenvalue weighted by Gasteiger charge is -2.21. The van der Waals surface area contributed by atoms with Crippen LogP contribution in [0, 0.1) is 0 Å². The molecule has 0 aliphatic heterocycles. The molecule has 6 heteroatoms. The van der Waals surface area contributed by atoms with Crippen molar-refractivity contribution in [3.8, 4) is 11.5 Å². The molecule has 0 radical (unpaired) electrons. The maximum atomic E-state index is 13.5. The minimum Gasteiger partial charge on any atom is -0.488 e. The monoisotopic (exact) mass is 481 g/mol. The van der Waals surface area contributed by atoms with Gasteiger partial charge in [0.15, 0.2) is 0 Å². The molecule has 0 saturated carbocycles. The average Bonchev–Trinajstić information content (AvgIpc) is 2.91. The van der Waals surface area contributed by atoms with Crippen LogP contribution < -0.4 is 9.47 Å². The van der Waals surface area contributed by atoms with Gasteiger partial charge in [0, 0.05) is 19.7 Å². The van der Waals surface area contributed by atoms with Crippen molar-refractivity contribution in [3.05, 3.63) is 131 Å². The van der Waals surface area contributed by atoms with Gasteiger partial charge in [-0.2, -0.15) is 0 Å². The van der Waals surface area contributed by atoms with Crippen LogP contribution in [0.1, 0.15) is 37.4 Å². The molecule has 0 aliphatic carbocycles. The molecule has 0 fully saturated rings. The van der Waals surface area contributed by atoms with Crippen molar-refractivity contribution in [2.45, 2.75) is 19.8 Å². The fourth-order valence-electron chi connectivity index (χ4n) is 3.74. The molecule has 0 aromatic heterocycles. The largest absolute Gasteiger partial charge is 0.488 e. The summed E-state index contributed by atoms with van der Waals surface area (Å²) < 4.78 is 11.9. The number of hydrogen-bond donors (Lipinski definition) is 1. The third-order valence-electron chi connectivity index (χ3n) is 5.63. The zero-order valence-electron chi connectivity index (χ0n) is 20.0. The Kier molecular flexibility index (Phi) is 7.98. The highest BCUT2D eigenvalue weighted by atomic mass is 16.5. The minimum absolute atomic E-state index is 0.102. The van der Waals surface area contributed by atoms with Gasteiger partial charge in [0.1, 0.15) is 30.3 Å². The minimum atomic E-state index is -1.19. The van der Waals surface area contributed by atoms with Crippen LogP contribution in [0.25, 0.3) is 0 Å². The summed E-state index contributed by atoms with van der Waals surface area (Å²) in [6.45, 7) is 0.765. The van der Waals surface area contributed by atoms with E-state index in [-0.39, 0.29) is 41.7 Å². The summed E-state index contributed by atoms with van der Waals surface area (Å²) >= 11 is 0. The number of hydrogen-bond acceptors (Lipinski definition) is 4. The number of benzene rings is 4. The quantitative estimate of drug-likeness (QED) is 0.309. The first-order valence-electron chi connectivity index (χ1n) is 11.6. The zero-order chi connectivity index (χ0) is 25.3. The molecule has 4 aromatic carbocycles. The number of aromatic carboxylic acids is 1. The summed E-state index contributed by atoms with van der Waals surface area (Å²) in [7, 11) is 1.68. The predicted molar refractivity (Wildman–Crippen MR) is 137 cm³/mol. The number of carboxylic acid groups (broad SMARTS) is 1. The van der Waals surface area contributed by atoms with Crippen LogP contribution in [0.2, 0.25) is 0 Å². The highest BCUT2D eigenvalue weighted by molar-refractivity contribution is 6.01. The third-order valence-corrected chi connectivity index (χ3v) is 5.63. The predicted octanol–water partition coefficient (Wildman–Crippen LogP) is 5.82. The normalized spacial score (nSPS) is 10.5. The van der Waals surface area contributed by atoms with Crippen LogP contribution in [0.3, 0.4) is 0 Å². The van der Waals surface area contributed by atoms with Crippen LogP contribution in [0.5, 0.6) is 11.5 Å². The summed E-state index contributed by atoms with van der Waals surface area (Å²) in [5.41, 5.74) is 2.83. The van der Waals surface area contributed by atoms with Gasteiger partial charge in [-0.15, -0.1) is 0 Å². The standard InChI is InChI=1S/C30H27NO5/c1-31(19-22-11-5-2-6-12-22)29(32)25-17-26(30(33)34)28(36-21-24-15-9-4-10-16-24)18-27(25)35-20-23-13-7-3-8-14-23/h2-18H,19-21H2,1H3,(H,33,34). The Balaban J connectivity index is 1.66. The summed E-state index contributed by atoms with van der Waals surface area (Å²) in [6, 6.07) is 31.4. The van der Waals surface area contributed by atoms with Gasteiger partial charge in [-0.1, -0.05) is 91.0 Å². The zero-order valence-corrected chi connectivity index (χ0v) is 20.0. The van der Waals surface area contributed by atoms with Gasteiger partial charge < -0.3 is 19.5 Å². The number of ether oxygens (including phenoxy) is 2. The van der Waals surface area contributed by atoms with Crippen LogP contribution in [-0.2, 0) is 19.8 Å². The van der Waals surface area contributed by atoms with Crippen molar-refractivity contribution >= 4 is 11.9 Å². The van der Waals surface area contributed by atoms with Gasteiger partial charge in [-0.3, -0.25) is 4.79 Å². The first kappa shape index (κ1) is 24.5. The van der Waals surface area contributed by atoms with Crippen molar-refractivity contribution in [3.63, 3.8) is 0 Å². The average molecular weight is 482 g/mol. The van der Waals surface area contributed by atoms with Crippen LogP contribution >= 0.6 is 0 Å². The molecule has 0 saturated heterocycles. The van der Waals surface area contributed by atoms with Crippen LogP contribution in [-0.4, -0.2) is 28.9 Å². The van der Waals surface area contributed by atoms with Gasteiger partial charge in [-0.25, -0.2) is 4.79 Å². The first-order valence-corrected chi connectivity index (χ1v) is 11.6. The molecule has 4 rings (SSSR count). The number of carboxylic acids is 1. The van der Waals surface area contributed by atoms with Crippen molar-refractivity contribution < 1.29 is 24.2 Å². The van der Waals surface area contributed by atoms with Gasteiger partial charge in [0.25, 0.3) is 5.91 Å². The lowest BCUT2D eigenvalue weighted by atomic mass is 10.1. The molecule has 0 atom stereocenters. The molecule has 0 heterocycles. The molecular formula is C30H27NO5. The molecule has 1 N–H and O–H groups in total. The Bertz CT molecular complexity index is 1310. The molecular weight excluding hydrogens is 454 g/mol. The molecule has 0 aliphatic rings. The second-order valence-corrected chi connectivity index (χ2v) is 8.35. The molecule has 0 spiro atoms. The molecule has 0 bridgehead atoms. The molecule has 1 amide bonds. The highest BCUT2D eigenvalue weighted by Gasteiger charge is 2.24. The van der Waals surface area contributed by atoms with Gasteiger partial charge in [-0.05, 0) is 22.8 Å². The van der Waals surface area contributed by atoms with Crippen molar-refractivity contribution in [2.75, 3.05) is 7.05 Å². The van der Waals surface area contributed by atoms with E-state index in [1.807, 2.05) is 91.0 Å². The molecule has 4 aromatic rings. The Morgan fingerprint density at radius 1 is 0.667 bits per heavy atom. The number of carbonyl (C=O) groups excluding carboxylic acids is 1. The third kappa shape index (κ3) is 6.30. The number of carbonyl (C=O) groups is 2. The van der Waals surface area contributed by atoms with E-state index in [0.717, 1.165) is 16.7 Å². The first-order chi connectivity index (χ1) is 17.5. The molecule has 182 valence electrons. The SMILES string of the molecule is CN(Cc1ccccc1)C(=O)c1cc(C(=O)O)c(OCc2ccccc2)cc1OCc1ccccc1. The van der Waals surface area contributed by atoms with E-state index in [2.05, 4.69) is 0 Å². The van der Waals surface area contributed by atoms with Gasteiger partial charge >= 0.3 is 5.97 Å². The smallest absolute Gasteiger partial charge is 0.339 e. The lowest BCUT2D eigenvalue weighted by Crippen LogP contribution is -2.27. The number of nitrogens with zero attached hydrogens (tertiary/aromatic N) is 1. The second kappa shape index (κ2) is 11.7. The van der Waals surface area contributed by atoms with Crippen molar-refractivity contribution in [1.29, 1.82) is 0 Å². The molecule has 0 unspecified atom stereocenters. The van der Waals surface area contributed by atoms with E-state index in [0.29, 0.717) is 6.54 Å². The molecule has 6 nitrogen and oxygen atoms in total. The lowest BCUT2D eigenvalue weighted by molar-refractivity contribution is 0.0691. The van der Waals surface area contributed by atoms with E-state index in [1.54, 1.807) is 7.05 Å². The van der Waals surface area contributed by atoms with E-state index >= 15 is 0 Å². The number of rotatable bonds is 10. The highest BCUT2D eigenvalue weighted by Crippen LogP contribution is 2.32. The Morgan fingerprint density at radius 3 is 1.58 bits per heavy atom. The Morgan fingerprint density at radius 2 is 1.11 bits per heavy atom. The second-order valence-electron chi connectivity index (χ2n) is 8.35. The van der Waals surface area contributed by atoms with E-state index in [9.17, 15) is 14.7 Å². The summed E-state index contributed by atoms with van der Waals surface area (Å²) in [5, 5.41) is 9.90. The van der Waals surface area contributed by atoms with Crippen LogP contribution in [0.4, 0.5) is 0 Å². The maximum absolute atomic E-state index is 13.5. The fourth-order valence-corrected chi connectivity index (χ4v) is 3.74. The fraction of sp³-hybridized carbons (Fsp3) is 0.133. The maximum Gasteiger partial charge on any atom is 0.339 e. The topological polar surface area (TPSA) is 76.1 Å². The Labute approximate surface area is 210 Å². The number of amides is 1. The molecule has 36 heavy (non-hydrogen) atoms.